The summed E-state index contributed by atoms with van der Waals surface area (Å²) in [6.45, 7) is 2.98. The van der Waals surface area contributed by atoms with E-state index in [-0.39, 0.29) is 5.91 Å². The van der Waals surface area contributed by atoms with Gasteiger partial charge in [-0.15, -0.1) is 0 Å². The van der Waals surface area contributed by atoms with Crippen LogP contribution in [0.3, 0.4) is 0 Å². The van der Waals surface area contributed by atoms with Crippen molar-refractivity contribution in [2.24, 2.45) is 5.92 Å². The van der Waals surface area contributed by atoms with Crippen molar-refractivity contribution in [2.75, 3.05) is 16.8 Å². The van der Waals surface area contributed by atoms with Crippen molar-refractivity contribution in [3.63, 3.8) is 0 Å². The number of aromatic nitrogens is 1. The molecule has 24 heavy (non-hydrogen) atoms. The first-order valence-corrected chi connectivity index (χ1v) is 8.88. The van der Waals surface area contributed by atoms with Crippen molar-refractivity contribution in [3.05, 3.63) is 53.7 Å². The van der Waals surface area contributed by atoms with Gasteiger partial charge in [0.2, 0.25) is 0 Å². The number of carbonyl (C=O) groups is 1. The number of hydrogen-bond acceptors (Lipinski definition) is 3. The number of hydrogen-bond donors (Lipinski definition) is 1. The number of carbonyl (C=O) groups excluding carboxylic acids is 1. The van der Waals surface area contributed by atoms with Crippen LogP contribution in [0.25, 0.3) is 0 Å². The molecule has 0 spiro atoms. The lowest BCUT2D eigenvalue weighted by atomic mass is 10.2. The Morgan fingerprint density at radius 2 is 2.17 bits per heavy atom. The van der Waals surface area contributed by atoms with E-state index in [0.29, 0.717) is 11.6 Å². The molecular formula is C20H23N3O. The molecule has 4 heteroatoms. The highest BCUT2D eigenvalue weighted by molar-refractivity contribution is 6.07. The van der Waals surface area contributed by atoms with Gasteiger partial charge in [-0.3, -0.25) is 4.79 Å². The Kier molecular flexibility index (Phi) is 3.97. The zero-order valence-electron chi connectivity index (χ0n) is 14.0. The number of para-hydroxylation sites is 1. The van der Waals surface area contributed by atoms with Gasteiger partial charge < -0.3 is 10.2 Å². The van der Waals surface area contributed by atoms with Crippen LogP contribution in [0.15, 0.2) is 42.6 Å². The van der Waals surface area contributed by atoms with Crippen LogP contribution in [-0.2, 0) is 6.42 Å². The van der Waals surface area contributed by atoms with Crippen molar-refractivity contribution in [2.45, 2.75) is 38.6 Å². The van der Waals surface area contributed by atoms with Gasteiger partial charge in [0, 0.05) is 24.5 Å². The van der Waals surface area contributed by atoms with Gasteiger partial charge in [0.1, 0.15) is 5.82 Å². The zero-order chi connectivity index (χ0) is 16.5. The van der Waals surface area contributed by atoms with Crippen LogP contribution in [0.1, 0.15) is 42.1 Å². The van der Waals surface area contributed by atoms with Crippen LogP contribution in [0.5, 0.6) is 0 Å². The highest BCUT2D eigenvalue weighted by Gasteiger charge is 2.36. The molecule has 4 nitrogen and oxygen atoms in total. The molecule has 1 saturated carbocycles. The van der Waals surface area contributed by atoms with Gasteiger partial charge in [0.05, 0.1) is 5.56 Å². The predicted molar refractivity (Wildman–Crippen MR) is 96.5 cm³/mol. The monoisotopic (exact) mass is 321 g/mol. The van der Waals surface area contributed by atoms with Crippen LogP contribution >= 0.6 is 0 Å². The number of pyridine rings is 1. The minimum atomic E-state index is 0.0364. The summed E-state index contributed by atoms with van der Waals surface area (Å²) < 4.78 is 0. The molecule has 2 heterocycles. The second-order valence-corrected chi connectivity index (χ2v) is 6.80. The fourth-order valence-corrected chi connectivity index (χ4v) is 3.61. The molecule has 0 saturated heterocycles. The fourth-order valence-electron chi connectivity index (χ4n) is 3.61. The van der Waals surface area contributed by atoms with E-state index >= 15 is 0 Å². The lowest BCUT2D eigenvalue weighted by Gasteiger charge is -2.17. The highest BCUT2D eigenvalue weighted by Crippen LogP contribution is 2.37. The Morgan fingerprint density at radius 1 is 1.29 bits per heavy atom. The smallest absolute Gasteiger partial charge is 0.259 e. The Balaban J connectivity index is 1.43. The van der Waals surface area contributed by atoms with Gasteiger partial charge >= 0.3 is 0 Å². The molecule has 1 aromatic heterocycles. The molecule has 1 amide bonds. The minimum Gasteiger partial charge on any atom is -0.367 e. The average molecular weight is 321 g/mol. The maximum atomic E-state index is 12.8. The van der Waals surface area contributed by atoms with Gasteiger partial charge in [-0.2, -0.15) is 0 Å². The molecule has 4 rings (SSSR count). The molecule has 2 unspecified atom stereocenters. The topological polar surface area (TPSA) is 45.2 Å². The Bertz CT molecular complexity index is 741. The van der Waals surface area contributed by atoms with Crippen molar-refractivity contribution in [3.8, 4) is 0 Å². The predicted octanol–water partition coefficient (Wildman–Crippen LogP) is 3.89. The van der Waals surface area contributed by atoms with Crippen LogP contribution in [0, 0.1) is 5.92 Å². The van der Waals surface area contributed by atoms with Gasteiger partial charge in [-0.1, -0.05) is 31.5 Å². The normalized spacial score (nSPS) is 21.5. The first kappa shape index (κ1) is 15.2. The Morgan fingerprint density at radius 3 is 2.96 bits per heavy atom. The molecule has 2 aromatic rings. The standard InChI is InChI=1S/C20H23N3O/c1-2-5-15-12-17(15)22-19-9-8-16(13-21-19)20(24)23-11-10-14-6-3-4-7-18(14)23/h3-4,6-9,13,15,17H,2,5,10-12H2,1H3,(H,21,22). The zero-order valence-corrected chi connectivity index (χ0v) is 14.0. The molecule has 1 aliphatic carbocycles. The summed E-state index contributed by atoms with van der Waals surface area (Å²) in [5, 5.41) is 3.47. The second-order valence-electron chi connectivity index (χ2n) is 6.80. The highest BCUT2D eigenvalue weighted by atomic mass is 16.2. The van der Waals surface area contributed by atoms with Crippen LogP contribution in [0.2, 0.25) is 0 Å². The number of rotatable bonds is 5. The molecule has 0 bridgehead atoms. The first-order chi connectivity index (χ1) is 11.8. The van der Waals surface area contributed by atoms with E-state index in [2.05, 4.69) is 23.3 Å². The first-order valence-electron chi connectivity index (χ1n) is 8.88. The minimum absolute atomic E-state index is 0.0364. The second kappa shape index (κ2) is 6.27. The molecule has 1 aliphatic heterocycles. The molecule has 2 aliphatic rings. The lowest BCUT2D eigenvalue weighted by molar-refractivity contribution is 0.0989. The number of fused-ring (bicyclic) bond motifs is 1. The van der Waals surface area contributed by atoms with E-state index in [0.717, 1.165) is 30.4 Å². The van der Waals surface area contributed by atoms with E-state index < -0.39 is 0 Å². The van der Waals surface area contributed by atoms with Crippen molar-refractivity contribution in [1.29, 1.82) is 0 Å². The SMILES string of the molecule is CCCC1CC1Nc1ccc(C(=O)N2CCc3ccccc32)cn1. The summed E-state index contributed by atoms with van der Waals surface area (Å²) in [5.74, 6) is 1.70. The van der Waals surface area contributed by atoms with Crippen LogP contribution in [0.4, 0.5) is 11.5 Å². The van der Waals surface area contributed by atoms with Gasteiger partial charge in [0.25, 0.3) is 5.91 Å². The summed E-state index contributed by atoms with van der Waals surface area (Å²) >= 11 is 0. The number of amides is 1. The molecular weight excluding hydrogens is 298 g/mol. The number of benzene rings is 1. The van der Waals surface area contributed by atoms with Crippen molar-refractivity contribution >= 4 is 17.4 Å². The fraction of sp³-hybridized carbons (Fsp3) is 0.400. The van der Waals surface area contributed by atoms with Gasteiger partial charge in [-0.05, 0) is 48.9 Å². The summed E-state index contributed by atoms with van der Waals surface area (Å²) in [5.41, 5.74) is 2.93. The van der Waals surface area contributed by atoms with Crippen molar-refractivity contribution in [1.82, 2.24) is 4.98 Å². The third-order valence-corrected chi connectivity index (χ3v) is 5.06. The van der Waals surface area contributed by atoms with E-state index in [9.17, 15) is 4.79 Å². The number of nitrogens with zero attached hydrogens (tertiary/aromatic N) is 2. The summed E-state index contributed by atoms with van der Waals surface area (Å²) in [4.78, 5) is 19.1. The third-order valence-electron chi connectivity index (χ3n) is 5.06. The van der Waals surface area contributed by atoms with Crippen LogP contribution < -0.4 is 10.2 Å². The molecule has 1 aromatic carbocycles. The molecule has 1 fully saturated rings. The maximum Gasteiger partial charge on any atom is 0.259 e. The van der Waals surface area contributed by atoms with Crippen LogP contribution in [-0.4, -0.2) is 23.5 Å². The molecule has 124 valence electrons. The average Bonchev–Trinajstić information content (AvgIpc) is 3.19. The quantitative estimate of drug-likeness (QED) is 0.909. The summed E-state index contributed by atoms with van der Waals surface area (Å²) in [6.07, 6.45) is 6.38. The molecule has 2 atom stereocenters. The molecule has 1 N–H and O–H groups in total. The van der Waals surface area contributed by atoms with Crippen molar-refractivity contribution < 1.29 is 4.79 Å². The number of nitrogens with one attached hydrogen (secondary N) is 1. The summed E-state index contributed by atoms with van der Waals surface area (Å²) in [6, 6.07) is 12.5. The number of anilines is 2. The molecule has 0 radical (unpaired) electrons. The van der Waals surface area contributed by atoms with E-state index in [1.54, 1.807) is 6.20 Å². The van der Waals surface area contributed by atoms with Gasteiger partial charge in [-0.25, -0.2) is 4.98 Å². The summed E-state index contributed by atoms with van der Waals surface area (Å²) in [7, 11) is 0. The van der Waals surface area contributed by atoms with E-state index in [1.807, 2.05) is 35.2 Å². The largest absolute Gasteiger partial charge is 0.367 e. The van der Waals surface area contributed by atoms with E-state index in [1.165, 1.54) is 24.8 Å². The Hall–Kier alpha value is -2.36. The maximum absolute atomic E-state index is 12.8. The van der Waals surface area contributed by atoms with Gasteiger partial charge in [0.15, 0.2) is 0 Å². The third kappa shape index (κ3) is 2.88. The lowest BCUT2D eigenvalue weighted by Crippen LogP contribution is -2.29. The Labute approximate surface area is 142 Å². The van der Waals surface area contributed by atoms with E-state index in [4.69, 9.17) is 0 Å².